The number of rotatable bonds is 2. The number of hydrogen-bond donors (Lipinski definition) is 2. The minimum atomic E-state index is -0.868. The second-order valence-electron chi connectivity index (χ2n) is 4.44. The van der Waals surface area contributed by atoms with Crippen molar-refractivity contribution in [2.75, 3.05) is 13.1 Å². The van der Waals surface area contributed by atoms with Crippen molar-refractivity contribution in [2.24, 2.45) is 0 Å². The number of carbonyl (C=O) groups is 1. The molecule has 1 amide bonds. The largest absolute Gasteiger partial charge is 0.508 e. The first-order chi connectivity index (χ1) is 8.65. The number of phenolic OH excluding ortho intramolecular Hbond substituents is 1. The van der Waals surface area contributed by atoms with Crippen LogP contribution in [0.1, 0.15) is 19.3 Å². The summed E-state index contributed by atoms with van der Waals surface area (Å²) in [5, 5.41) is 18.3. The number of phenols is 1. The van der Waals surface area contributed by atoms with Crippen molar-refractivity contribution in [1.82, 2.24) is 4.90 Å². The molecule has 1 fully saturated rings. The van der Waals surface area contributed by atoms with Gasteiger partial charge in [-0.05, 0) is 25.0 Å². The summed E-state index contributed by atoms with van der Waals surface area (Å²) < 4.78 is 5.76. The van der Waals surface area contributed by atoms with E-state index in [1.165, 1.54) is 4.90 Å². The molecule has 2 rings (SSSR count). The van der Waals surface area contributed by atoms with Crippen LogP contribution in [-0.2, 0) is 0 Å². The predicted octanol–water partition coefficient (Wildman–Crippen LogP) is 2.30. The summed E-state index contributed by atoms with van der Waals surface area (Å²) >= 11 is 0. The van der Waals surface area contributed by atoms with E-state index in [1.807, 2.05) is 0 Å². The summed E-state index contributed by atoms with van der Waals surface area (Å²) in [7, 11) is 0. The summed E-state index contributed by atoms with van der Waals surface area (Å²) in [6, 6.07) is 6.68. The van der Waals surface area contributed by atoms with Crippen LogP contribution in [0.25, 0.3) is 0 Å². The number of amides is 1. The summed E-state index contributed by atoms with van der Waals surface area (Å²) in [6.45, 7) is 1.06. The Labute approximate surface area is 106 Å². The van der Waals surface area contributed by atoms with Crippen molar-refractivity contribution in [3.63, 3.8) is 0 Å². The SMILES string of the molecule is O=C(O)N1CCCC(Oc2cccc(O)c2)CC1. The highest BCUT2D eigenvalue weighted by molar-refractivity contribution is 5.64. The molecule has 98 valence electrons. The third-order valence-electron chi connectivity index (χ3n) is 3.07. The average molecular weight is 251 g/mol. The van der Waals surface area contributed by atoms with Crippen molar-refractivity contribution in [3.05, 3.63) is 24.3 Å². The molecule has 1 aliphatic heterocycles. The number of likely N-dealkylation sites (tertiary alicyclic amines) is 1. The molecule has 0 radical (unpaired) electrons. The first kappa shape index (κ1) is 12.5. The average Bonchev–Trinajstić information content (AvgIpc) is 2.55. The third kappa shape index (κ3) is 3.29. The first-order valence-corrected chi connectivity index (χ1v) is 6.09. The Balaban J connectivity index is 1.92. The summed E-state index contributed by atoms with van der Waals surface area (Å²) in [5.41, 5.74) is 0. The molecule has 5 heteroatoms. The fraction of sp³-hybridized carbons (Fsp3) is 0.462. The van der Waals surface area contributed by atoms with Gasteiger partial charge in [0.25, 0.3) is 0 Å². The number of ether oxygens (including phenoxy) is 1. The summed E-state index contributed by atoms with van der Waals surface area (Å²) in [4.78, 5) is 12.3. The van der Waals surface area contributed by atoms with Crippen LogP contribution < -0.4 is 4.74 Å². The topological polar surface area (TPSA) is 70.0 Å². The van der Waals surface area contributed by atoms with Gasteiger partial charge in [0.2, 0.25) is 0 Å². The van der Waals surface area contributed by atoms with Gasteiger partial charge >= 0.3 is 6.09 Å². The molecule has 1 aromatic carbocycles. The van der Waals surface area contributed by atoms with Crippen LogP contribution >= 0.6 is 0 Å². The Kier molecular flexibility index (Phi) is 3.92. The van der Waals surface area contributed by atoms with Crippen molar-refractivity contribution in [2.45, 2.75) is 25.4 Å². The number of benzene rings is 1. The highest BCUT2D eigenvalue weighted by Crippen LogP contribution is 2.22. The third-order valence-corrected chi connectivity index (χ3v) is 3.07. The molecule has 0 aromatic heterocycles. The molecular weight excluding hydrogens is 234 g/mol. The molecule has 1 heterocycles. The Morgan fingerprint density at radius 3 is 2.89 bits per heavy atom. The minimum Gasteiger partial charge on any atom is -0.508 e. The van der Waals surface area contributed by atoms with E-state index >= 15 is 0 Å². The summed E-state index contributed by atoms with van der Waals surface area (Å²) in [5.74, 6) is 0.803. The van der Waals surface area contributed by atoms with Crippen molar-refractivity contribution in [3.8, 4) is 11.5 Å². The first-order valence-electron chi connectivity index (χ1n) is 6.09. The maximum atomic E-state index is 10.9. The normalized spacial score (nSPS) is 20.2. The predicted molar refractivity (Wildman–Crippen MR) is 66.0 cm³/mol. The molecule has 0 spiro atoms. The van der Waals surface area contributed by atoms with Gasteiger partial charge in [-0.15, -0.1) is 0 Å². The smallest absolute Gasteiger partial charge is 0.407 e. The molecule has 1 unspecified atom stereocenters. The van der Waals surface area contributed by atoms with Crippen LogP contribution in [0.15, 0.2) is 24.3 Å². The number of carboxylic acid groups (broad SMARTS) is 1. The van der Waals surface area contributed by atoms with Gasteiger partial charge in [-0.3, -0.25) is 0 Å². The van der Waals surface area contributed by atoms with Gasteiger partial charge in [-0.2, -0.15) is 0 Å². The Bertz CT molecular complexity index is 421. The second kappa shape index (κ2) is 5.62. The zero-order valence-corrected chi connectivity index (χ0v) is 10.1. The highest BCUT2D eigenvalue weighted by Gasteiger charge is 2.20. The highest BCUT2D eigenvalue weighted by atomic mass is 16.5. The van der Waals surface area contributed by atoms with Crippen LogP contribution in [0.2, 0.25) is 0 Å². The molecular formula is C13H17NO4. The maximum Gasteiger partial charge on any atom is 0.407 e. The van der Waals surface area contributed by atoms with Crippen LogP contribution in [-0.4, -0.2) is 40.4 Å². The molecule has 2 N–H and O–H groups in total. The molecule has 1 atom stereocenters. The van der Waals surface area contributed by atoms with Crippen LogP contribution in [0.5, 0.6) is 11.5 Å². The Hall–Kier alpha value is -1.91. The van der Waals surface area contributed by atoms with E-state index in [1.54, 1.807) is 24.3 Å². The van der Waals surface area contributed by atoms with Gasteiger partial charge in [0.1, 0.15) is 17.6 Å². The zero-order valence-electron chi connectivity index (χ0n) is 10.1. The molecule has 1 aliphatic rings. The number of hydrogen-bond acceptors (Lipinski definition) is 3. The lowest BCUT2D eigenvalue weighted by Gasteiger charge is -2.18. The zero-order chi connectivity index (χ0) is 13.0. The fourth-order valence-electron chi connectivity index (χ4n) is 2.12. The second-order valence-corrected chi connectivity index (χ2v) is 4.44. The molecule has 18 heavy (non-hydrogen) atoms. The van der Waals surface area contributed by atoms with E-state index in [-0.39, 0.29) is 11.9 Å². The van der Waals surface area contributed by atoms with E-state index < -0.39 is 6.09 Å². The lowest BCUT2D eigenvalue weighted by molar-refractivity contribution is 0.142. The van der Waals surface area contributed by atoms with E-state index in [0.29, 0.717) is 25.3 Å². The summed E-state index contributed by atoms with van der Waals surface area (Å²) in [6.07, 6.45) is 1.46. The van der Waals surface area contributed by atoms with Gasteiger partial charge in [-0.25, -0.2) is 4.79 Å². The van der Waals surface area contributed by atoms with Gasteiger partial charge in [0, 0.05) is 25.6 Å². The maximum absolute atomic E-state index is 10.9. The number of nitrogens with zero attached hydrogens (tertiary/aromatic N) is 1. The number of aromatic hydroxyl groups is 1. The quantitative estimate of drug-likeness (QED) is 0.846. The monoisotopic (exact) mass is 251 g/mol. The van der Waals surface area contributed by atoms with Crippen LogP contribution in [0.4, 0.5) is 4.79 Å². The van der Waals surface area contributed by atoms with E-state index in [0.717, 1.165) is 12.8 Å². The Morgan fingerprint density at radius 2 is 2.17 bits per heavy atom. The van der Waals surface area contributed by atoms with Crippen molar-refractivity contribution < 1.29 is 19.7 Å². The van der Waals surface area contributed by atoms with Gasteiger partial charge in [-0.1, -0.05) is 6.07 Å². The van der Waals surface area contributed by atoms with Gasteiger partial charge in [0.15, 0.2) is 0 Å². The Morgan fingerprint density at radius 1 is 1.33 bits per heavy atom. The molecule has 1 saturated heterocycles. The molecule has 1 aromatic rings. The van der Waals surface area contributed by atoms with E-state index in [9.17, 15) is 9.90 Å². The lowest BCUT2D eigenvalue weighted by Crippen LogP contribution is -2.30. The van der Waals surface area contributed by atoms with E-state index in [2.05, 4.69) is 0 Å². The molecule has 0 saturated carbocycles. The fourth-order valence-corrected chi connectivity index (χ4v) is 2.12. The standard InChI is InChI=1S/C13H17NO4/c15-10-3-1-4-12(9-10)18-11-5-2-7-14(8-6-11)13(16)17/h1,3-4,9,11,15H,2,5-8H2,(H,16,17). The van der Waals surface area contributed by atoms with Gasteiger partial charge < -0.3 is 19.8 Å². The molecule has 5 nitrogen and oxygen atoms in total. The van der Waals surface area contributed by atoms with Crippen LogP contribution in [0.3, 0.4) is 0 Å². The molecule has 0 aliphatic carbocycles. The molecule has 0 bridgehead atoms. The van der Waals surface area contributed by atoms with Gasteiger partial charge in [0.05, 0.1) is 0 Å². The van der Waals surface area contributed by atoms with Crippen LogP contribution in [0, 0.1) is 0 Å². The van der Waals surface area contributed by atoms with Crippen molar-refractivity contribution >= 4 is 6.09 Å². The van der Waals surface area contributed by atoms with Crippen molar-refractivity contribution in [1.29, 1.82) is 0 Å². The lowest BCUT2D eigenvalue weighted by atomic mass is 10.1. The minimum absolute atomic E-state index is 0.0103. The van der Waals surface area contributed by atoms with E-state index in [4.69, 9.17) is 9.84 Å².